The second-order valence-electron chi connectivity index (χ2n) is 42.6. The number of esters is 3. The number of nitrogens with zero attached hydrogens (tertiary/aromatic N) is 9. The van der Waals surface area contributed by atoms with E-state index in [4.69, 9.17) is 56.8 Å². The average molecular weight is 2120 g/mol. The molecule has 3 aliphatic carbocycles. The van der Waals surface area contributed by atoms with E-state index in [1.165, 1.54) is 36.0 Å². The van der Waals surface area contributed by atoms with Crippen LogP contribution < -0.4 is 28.4 Å². The van der Waals surface area contributed by atoms with Crippen molar-refractivity contribution in [3.63, 3.8) is 0 Å². The first-order valence-electron chi connectivity index (χ1n) is 50.4. The molecule has 3 saturated carbocycles. The maximum absolute atomic E-state index is 16.1. The van der Waals surface area contributed by atoms with Gasteiger partial charge in [-0.1, -0.05) is 78.9 Å². The maximum Gasteiger partial charge on any atom is 0.307 e. The molecule has 0 spiro atoms. The Morgan fingerprint density at radius 2 is 0.674 bits per heavy atom. The van der Waals surface area contributed by atoms with E-state index in [-0.39, 0.29) is 190 Å². The molecule has 0 N–H and O–H groups in total. The Kier molecular flexibility index (Phi) is 36.6. The summed E-state index contributed by atoms with van der Waals surface area (Å²) in [7, 11) is 4.49. The molecule has 3 amide bonds. The van der Waals surface area contributed by atoms with Gasteiger partial charge in [-0.3, -0.25) is 28.8 Å². The van der Waals surface area contributed by atoms with Crippen molar-refractivity contribution in [2.45, 2.75) is 307 Å². The van der Waals surface area contributed by atoms with Crippen molar-refractivity contribution < 1.29 is 182 Å². The van der Waals surface area contributed by atoms with Gasteiger partial charge in [-0.25, -0.2) is 48.8 Å². The van der Waals surface area contributed by atoms with Crippen molar-refractivity contribution >= 4 is 87.6 Å². The second-order valence-corrected chi connectivity index (χ2v) is 42.6. The number of carbonyl (C=O) groups is 6. The zero-order valence-electron chi connectivity index (χ0n) is 83.8. The summed E-state index contributed by atoms with van der Waals surface area (Å²) < 4.78 is 166. The molecule has 3 aromatic carbocycles. The molecule has 9 aliphatic heterocycles. The van der Waals surface area contributed by atoms with Gasteiger partial charge in [0.25, 0.3) is 17.8 Å². The first-order chi connectivity index (χ1) is 67.3. The van der Waals surface area contributed by atoms with Crippen molar-refractivity contribution in [3.05, 3.63) is 71.7 Å². The number of benzene rings is 3. The Hall–Kier alpha value is -8.48. The normalized spacial score (nSPS) is 31.8. The van der Waals surface area contributed by atoms with Gasteiger partial charge >= 0.3 is 17.9 Å². The van der Waals surface area contributed by atoms with E-state index in [1.54, 1.807) is 75.4 Å². The van der Waals surface area contributed by atoms with Gasteiger partial charge < -0.3 is 85.9 Å². The van der Waals surface area contributed by atoms with Gasteiger partial charge in [0.15, 0.2) is 17.1 Å². The zero-order valence-corrected chi connectivity index (χ0v) is 88.0. The molecule has 18 atom stereocenters. The van der Waals surface area contributed by atoms with Gasteiger partial charge in [-0.15, -0.1) is 0 Å². The molecular formula is C105H132F6N9O21V3-3. The van der Waals surface area contributed by atoms with Crippen LogP contribution in [0.25, 0.3) is 33.1 Å². The molecule has 144 heavy (non-hydrogen) atoms. The molecule has 6 aromatic rings. The molecule has 0 unspecified atom stereocenters. The van der Waals surface area contributed by atoms with Gasteiger partial charge in [-0.05, 0) is 218 Å². The summed E-state index contributed by atoms with van der Waals surface area (Å²) >= 11 is 0. The van der Waals surface area contributed by atoms with Crippen molar-refractivity contribution in [3.8, 4) is 34.9 Å². The smallest absolute Gasteiger partial charge is 0.307 e. The molecular weight excluding hydrogens is 1990 g/mol. The molecule has 18 rings (SSSR count). The summed E-state index contributed by atoms with van der Waals surface area (Å²) in [5, 5.41) is 0. The largest absolute Gasteiger partial charge is 0.540 e. The zero-order chi connectivity index (χ0) is 100. The number of rotatable bonds is 9. The number of halogens is 6. The number of hydrogen-bond donors (Lipinski definition) is 0. The van der Waals surface area contributed by atoms with Crippen molar-refractivity contribution in [1.82, 2.24) is 44.6 Å². The molecule has 39 heteroatoms. The van der Waals surface area contributed by atoms with Crippen LogP contribution in [0.3, 0.4) is 0 Å². The van der Waals surface area contributed by atoms with E-state index in [1.807, 2.05) is 53.5 Å². The number of amides is 3. The summed E-state index contributed by atoms with van der Waals surface area (Å²) in [6.45, 7) is 17.4. The van der Waals surface area contributed by atoms with Crippen LogP contribution in [0, 0.1) is 69.5 Å². The molecule has 783 valence electrons. The van der Waals surface area contributed by atoms with Crippen LogP contribution in [0.2, 0.25) is 0 Å². The minimum Gasteiger partial charge on any atom is -0.540 e. The standard InChI is InChI=1S/C36H46F2N3O7.C35H44F2N3O7.C34H42F2N3O7.3V/c1-22-28(21-42)41-20-29(22)47-32-31(39-26-11-10-24(45-4)18-27(26)40-32)36(37,38)13-6-5-8-23-9-7-12-35(23,3)48-30(43)19-25(33(41)44)34(2)14-16-46-17-15-34;1-21-27(20-41)40-19-29(21)47-32-31(38-25-11-10-23(44-3)17-26(25)39-32)35(36,37)12-5-4-7-22-8-6-9-28(22)46-30(42)18-24(33(40)43)34(2)13-15-45-16-14-34;1-20-26(19-40)39-18-27(20)45-30-29(37-24-9-8-22(43-4)15-25(24)38-30)34(35,36)10-6-5-7-21-17-33(21,3)46-28(41)16-23(31(39)42)32(2)11-13-44-14-12-32;;;/h10-11,18,22-23,25,28-29H,5-9,12-17,19-20H2,1-4H3;10-11,17,21-22,24,27-29H,4-9,12-16,18-19H2,1-3H3;8-9,15,20-21,23,26-27H,5-7,10-14,16-18H2,1-4H3;;;/q3*-1;;;/t22-,23+,25+,28+,29-,35+;21-,22+,24+,27+,28+,29-;20-,21+,23+,26+,27-,33+;;;/m000.../s1. The number of methoxy groups -OCH3 is 3. The van der Waals surface area contributed by atoms with Gasteiger partial charge in [0.2, 0.25) is 35.4 Å². The first kappa shape index (κ1) is 113. The van der Waals surface area contributed by atoms with Crippen molar-refractivity contribution in [1.29, 1.82) is 0 Å². The number of ether oxygens (including phenoxy) is 12. The first-order valence-corrected chi connectivity index (χ1v) is 50.4. The number of hydrogen-bond acceptors (Lipinski definition) is 27. The van der Waals surface area contributed by atoms with E-state index in [0.717, 1.165) is 25.7 Å². The van der Waals surface area contributed by atoms with Crippen LogP contribution in [0.15, 0.2) is 54.6 Å². The topological polar surface area (TPSA) is 351 Å². The van der Waals surface area contributed by atoms with E-state index in [2.05, 4.69) is 29.9 Å². The number of fused-ring (bicyclic) bond motifs is 15. The molecule has 12 aliphatic rings. The minimum atomic E-state index is -3.37. The van der Waals surface area contributed by atoms with Crippen LogP contribution in [0.5, 0.6) is 34.9 Å². The van der Waals surface area contributed by atoms with Crippen LogP contribution in [0.4, 0.5) is 26.3 Å². The third kappa shape index (κ3) is 24.3. The number of aromatic nitrogens is 6. The molecule has 6 bridgehead atoms. The van der Waals surface area contributed by atoms with Crippen LogP contribution in [-0.4, -0.2) is 233 Å². The predicted octanol–water partition coefficient (Wildman–Crippen LogP) is 16.6. The van der Waals surface area contributed by atoms with Crippen LogP contribution in [0.1, 0.15) is 252 Å². The van der Waals surface area contributed by atoms with E-state index < -0.39 is 171 Å². The van der Waals surface area contributed by atoms with E-state index in [0.29, 0.717) is 170 Å². The Morgan fingerprint density at radius 3 is 1.02 bits per heavy atom. The summed E-state index contributed by atoms with van der Waals surface area (Å²) in [5.41, 5.74) is -3.13. The Balaban J connectivity index is 0.000000179. The van der Waals surface area contributed by atoms with Crippen molar-refractivity contribution in [2.75, 3.05) is 80.6 Å². The van der Waals surface area contributed by atoms with Crippen molar-refractivity contribution in [2.24, 2.45) is 69.5 Å². The number of carbonyl (C=O) groups excluding carboxylic acids is 9. The van der Waals surface area contributed by atoms with E-state index in [9.17, 15) is 43.2 Å². The SMILES string of the molecule is COc1ccc2nc3c(nc2c1)O[C@H]1CN(C(=O)[C@H](C2(C)CCOCC2)CC(=O)O[C@@H]2CCC[C@H]2CCCCC3(F)F)[C@H]([C-]=O)[C@@H]1C.COc1ccc2nc3c(nc2c1)O[C@H]1CN(C(=O)[C@H](C2(C)CCOCC2)CC(=O)O[C@]2(C)CCC[C@H]2CCCCC3(F)F)[C@H]([C-]=O)[C@@H]1C.COc1ccc2nc3c(nc2c1)O[C@H]1CN(C(=O)[C@H](C2(C)CCOCC2)CC(=O)O[C@]2(C)C[C@H]2CCCCC3(F)F)[C@H]([C-]=O)[C@@H]1C.[V].[V].[V]. The molecule has 3 aromatic heterocycles. The predicted molar refractivity (Wildman–Crippen MR) is 500 cm³/mol. The van der Waals surface area contributed by atoms with Gasteiger partial charge in [0, 0.05) is 139 Å². The Morgan fingerprint density at radius 1 is 0.354 bits per heavy atom. The maximum atomic E-state index is 16.1. The monoisotopic (exact) mass is 2120 g/mol. The van der Waals surface area contributed by atoms with Crippen LogP contribution in [-0.2, 0) is 145 Å². The average Bonchev–Trinajstić information content (AvgIpc) is 1.50. The summed E-state index contributed by atoms with van der Waals surface area (Å²) in [4.78, 5) is 152. The molecule has 3 radical (unpaired) electrons. The summed E-state index contributed by atoms with van der Waals surface area (Å²) in [6, 6.07) is 11.4. The third-order valence-corrected chi connectivity index (χ3v) is 33.3. The molecule has 9 fully saturated rings. The fraction of sp³-hybridized carbons (Fsp3) is 0.686. The van der Waals surface area contributed by atoms with E-state index >= 15 is 26.3 Å². The third-order valence-electron chi connectivity index (χ3n) is 33.3. The molecule has 6 saturated heterocycles. The second kappa shape index (κ2) is 46.7. The van der Waals surface area contributed by atoms with Gasteiger partial charge in [0.05, 0.1) is 111 Å². The fourth-order valence-electron chi connectivity index (χ4n) is 23.5. The van der Waals surface area contributed by atoms with Gasteiger partial charge in [0.1, 0.15) is 52.9 Å². The molecule has 30 nitrogen and oxygen atoms in total. The summed E-state index contributed by atoms with van der Waals surface area (Å²) in [6.07, 6.45) is 14.3. The fourth-order valence-corrected chi connectivity index (χ4v) is 23.5. The Labute approximate surface area is 872 Å². The minimum absolute atomic E-state index is 0. The van der Waals surface area contributed by atoms with Crippen LogP contribution >= 0.6 is 0 Å². The summed E-state index contributed by atoms with van der Waals surface area (Å²) in [5.74, 6) is -16.2. The quantitative estimate of drug-likeness (QED) is 0.0561. The number of alkyl halides is 6. The van der Waals surface area contributed by atoms with Gasteiger partial charge in [-0.2, -0.15) is 26.3 Å². The Bertz CT molecular complexity index is 5590. The molecule has 12 heterocycles.